The Morgan fingerprint density at radius 3 is 2.78 bits per heavy atom. The Hall–Kier alpha value is -2.80. The van der Waals surface area contributed by atoms with Crippen molar-refractivity contribution in [2.24, 2.45) is 0 Å². The van der Waals surface area contributed by atoms with Gasteiger partial charge >= 0.3 is 0 Å². The molecule has 136 valence electrons. The van der Waals surface area contributed by atoms with E-state index in [1.807, 2.05) is 48.7 Å². The number of amides is 1. The van der Waals surface area contributed by atoms with Crippen LogP contribution in [0, 0.1) is 13.8 Å². The van der Waals surface area contributed by atoms with Gasteiger partial charge in [0, 0.05) is 33.9 Å². The SMILES string of the molecule is Cc1nc2c3ccccc3nn2c(C)c1CCC(=O)Nc1ccc(Br)cn1. The first-order valence-electron chi connectivity index (χ1n) is 8.68. The van der Waals surface area contributed by atoms with E-state index in [9.17, 15) is 4.79 Å². The molecule has 0 bridgehead atoms. The first-order valence-corrected chi connectivity index (χ1v) is 9.47. The lowest BCUT2D eigenvalue weighted by Crippen LogP contribution is -2.15. The summed E-state index contributed by atoms with van der Waals surface area (Å²) in [6, 6.07) is 11.6. The highest BCUT2D eigenvalue weighted by Crippen LogP contribution is 2.23. The number of benzene rings is 1. The predicted octanol–water partition coefficient (Wildman–Crippen LogP) is 4.23. The average Bonchev–Trinajstić information content (AvgIpc) is 3.02. The van der Waals surface area contributed by atoms with Gasteiger partial charge in [0.15, 0.2) is 5.65 Å². The zero-order valence-corrected chi connectivity index (χ0v) is 16.6. The number of nitrogens with zero attached hydrogens (tertiary/aromatic N) is 4. The summed E-state index contributed by atoms with van der Waals surface area (Å²) in [6.45, 7) is 4.01. The van der Waals surface area contributed by atoms with Crippen LogP contribution in [0.4, 0.5) is 5.82 Å². The summed E-state index contributed by atoms with van der Waals surface area (Å²) in [4.78, 5) is 21.2. The number of aromatic nitrogens is 4. The monoisotopic (exact) mass is 423 g/mol. The molecule has 6 nitrogen and oxygen atoms in total. The van der Waals surface area contributed by atoms with Crippen molar-refractivity contribution in [3.8, 4) is 0 Å². The van der Waals surface area contributed by atoms with Crippen LogP contribution in [0.25, 0.3) is 16.6 Å². The largest absolute Gasteiger partial charge is 0.311 e. The van der Waals surface area contributed by atoms with Crippen molar-refractivity contribution in [2.45, 2.75) is 26.7 Å². The molecular weight excluding hydrogens is 406 g/mol. The van der Waals surface area contributed by atoms with E-state index in [-0.39, 0.29) is 5.91 Å². The fourth-order valence-corrected chi connectivity index (χ4v) is 3.47. The van der Waals surface area contributed by atoms with Crippen molar-refractivity contribution in [2.75, 3.05) is 5.32 Å². The molecule has 0 saturated heterocycles. The number of carbonyl (C=O) groups excluding carboxylic acids is 1. The molecule has 3 heterocycles. The quantitative estimate of drug-likeness (QED) is 0.532. The summed E-state index contributed by atoms with van der Waals surface area (Å²) in [5.41, 5.74) is 4.77. The molecule has 0 aliphatic heterocycles. The number of carbonyl (C=O) groups is 1. The number of hydrogen-bond donors (Lipinski definition) is 1. The van der Waals surface area contributed by atoms with Gasteiger partial charge in [-0.15, -0.1) is 0 Å². The number of halogens is 1. The Labute approximate surface area is 164 Å². The van der Waals surface area contributed by atoms with E-state index < -0.39 is 0 Å². The number of aryl methyl sites for hydroxylation is 2. The maximum atomic E-state index is 12.3. The average molecular weight is 424 g/mol. The predicted molar refractivity (Wildman–Crippen MR) is 109 cm³/mol. The highest BCUT2D eigenvalue weighted by molar-refractivity contribution is 9.10. The van der Waals surface area contributed by atoms with Crippen molar-refractivity contribution in [3.05, 3.63) is 64.0 Å². The second-order valence-corrected chi connectivity index (χ2v) is 7.34. The Kier molecular flexibility index (Phi) is 4.61. The van der Waals surface area contributed by atoms with Crippen LogP contribution in [0.15, 0.2) is 47.1 Å². The van der Waals surface area contributed by atoms with Crippen LogP contribution in [-0.2, 0) is 11.2 Å². The van der Waals surface area contributed by atoms with E-state index in [0.29, 0.717) is 18.7 Å². The molecule has 0 spiro atoms. The van der Waals surface area contributed by atoms with Crippen molar-refractivity contribution in [3.63, 3.8) is 0 Å². The lowest BCUT2D eigenvalue weighted by atomic mass is 10.1. The molecule has 0 fully saturated rings. The maximum absolute atomic E-state index is 12.3. The topological polar surface area (TPSA) is 72.2 Å². The molecule has 3 aromatic heterocycles. The Bertz CT molecular complexity index is 1150. The van der Waals surface area contributed by atoms with Crippen LogP contribution in [0.5, 0.6) is 0 Å². The molecule has 27 heavy (non-hydrogen) atoms. The molecule has 4 aromatic rings. The van der Waals surface area contributed by atoms with E-state index in [4.69, 9.17) is 4.98 Å². The van der Waals surface area contributed by atoms with Gasteiger partial charge in [0.1, 0.15) is 5.82 Å². The summed E-state index contributed by atoms with van der Waals surface area (Å²) in [6.07, 6.45) is 2.61. The molecule has 0 unspecified atom stereocenters. The number of fused-ring (bicyclic) bond motifs is 3. The van der Waals surface area contributed by atoms with Gasteiger partial charge in [-0.25, -0.2) is 14.5 Å². The second-order valence-electron chi connectivity index (χ2n) is 6.42. The minimum atomic E-state index is -0.0747. The zero-order chi connectivity index (χ0) is 19.0. The highest BCUT2D eigenvalue weighted by atomic mass is 79.9. The molecule has 0 atom stereocenters. The summed E-state index contributed by atoms with van der Waals surface area (Å²) in [5, 5.41) is 8.52. The lowest BCUT2D eigenvalue weighted by molar-refractivity contribution is -0.116. The van der Waals surface area contributed by atoms with E-state index in [2.05, 4.69) is 31.3 Å². The number of rotatable bonds is 4. The van der Waals surface area contributed by atoms with Gasteiger partial charge in [-0.1, -0.05) is 12.1 Å². The first-order chi connectivity index (χ1) is 13.0. The van der Waals surface area contributed by atoms with Crippen LogP contribution in [-0.4, -0.2) is 25.5 Å². The van der Waals surface area contributed by atoms with E-state index in [1.165, 1.54) is 0 Å². The summed E-state index contributed by atoms with van der Waals surface area (Å²) >= 11 is 3.33. The normalized spacial score (nSPS) is 11.2. The van der Waals surface area contributed by atoms with Crippen LogP contribution >= 0.6 is 15.9 Å². The summed E-state index contributed by atoms with van der Waals surface area (Å²) in [5.74, 6) is 0.470. The van der Waals surface area contributed by atoms with Crippen LogP contribution < -0.4 is 5.32 Å². The molecule has 1 aromatic carbocycles. The van der Waals surface area contributed by atoms with Gasteiger partial charge in [-0.3, -0.25) is 4.79 Å². The molecule has 7 heteroatoms. The van der Waals surface area contributed by atoms with Crippen molar-refractivity contribution >= 4 is 44.2 Å². The Morgan fingerprint density at radius 2 is 2.00 bits per heavy atom. The minimum Gasteiger partial charge on any atom is -0.311 e. The van der Waals surface area contributed by atoms with E-state index in [0.717, 1.165) is 38.0 Å². The molecule has 0 aliphatic carbocycles. The van der Waals surface area contributed by atoms with Gasteiger partial charge < -0.3 is 5.32 Å². The fraction of sp³-hybridized carbons (Fsp3) is 0.200. The Morgan fingerprint density at radius 1 is 1.19 bits per heavy atom. The van der Waals surface area contributed by atoms with Crippen molar-refractivity contribution < 1.29 is 4.79 Å². The highest BCUT2D eigenvalue weighted by Gasteiger charge is 2.15. The lowest BCUT2D eigenvalue weighted by Gasteiger charge is -2.11. The fourth-order valence-electron chi connectivity index (χ4n) is 3.23. The molecule has 1 amide bonds. The third-order valence-electron chi connectivity index (χ3n) is 4.62. The first kappa shape index (κ1) is 17.6. The van der Waals surface area contributed by atoms with E-state index in [1.54, 1.807) is 12.3 Å². The molecule has 1 N–H and O–H groups in total. The maximum Gasteiger partial charge on any atom is 0.225 e. The number of anilines is 1. The Balaban J connectivity index is 1.57. The minimum absolute atomic E-state index is 0.0747. The molecule has 0 radical (unpaired) electrons. The second kappa shape index (κ2) is 7.08. The number of nitrogens with one attached hydrogen (secondary N) is 1. The van der Waals surface area contributed by atoms with Crippen LogP contribution in [0.2, 0.25) is 0 Å². The number of hydrogen-bond acceptors (Lipinski definition) is 4. The summed E-state index contributed by atoms with van der Waals surface area (Å²) < 4.78 is 2.75. The molecular formula is C20H18BrN5O. The van der Waals surface area contributed by atoms with Gasteiger partial charge in [0.2, 0.25) is 5.91 Å². The molecule has 4 rings (SSSR count). The van der Waals surface area contributed by atoms with Crippen LogP contribution in [0.1, 0.15) is 23.4 Å². The molecule has 0 saturated carbocycles. The third kappa shape index (κ3) is 3.42. The zero-order valence-electron chi connectivity index (χ0n) is 15.0. The number of pyridine rings is 1. The summed E-state index contributed by atoms with van der Waals surface area (Å²) in [7, 11) is 0. The van der Waals surface area contributed by atoms with Crippen molar-refractivity contribution in [1.82, 2.24) is 19.6 Å². The van der Waals surface area contributed by atoms with Gasteiger partial charge in [0.05, 0.1) is 5.52 Å². The van der Waals surface area contributed by atoms with Crippen molar-refractivity contribution in [1.29, 1.82) is 0 Å². The third-order valence-corrected chi connectivity index (χ3v) is 5.08. The van der Waals surface area contributed by atoms with Gasteiger partial charge in [-0.05, 0) is 66.0 Å². The standard InChI is InChI=1S/C20H18BrN5O/c1-12-15(8-10-19(27)24-18-9-7-14(21)11-22-18)13(2)26-20(23-12)16-5-3-4-6-17(16)25-26/h3-7,9,11H,8,10H2,1-2H3,(H,22,24,27). The van der Waals surface area contributed by atoms with E-state index >= 15 is 0 Å². The molecule has 0 aliphatic rings. The van der Waals surface area contributed by atoms with Gasteiger partial charge in [-0.2, -0.15) is 5.10 Å². The van der Waals surface area contributed by atoms with Crippen LogP contribution in [0.3, 0.4) is 0 Å². The van der Waals surface area contributed by atoms with Gasteiger partial charge in [0.25, 0.3) is 0 Å². The smallest absolute Gasteiger partial charge is 0.225 e.